The van der Waals surface area contributed by atoms with Crippen molar-refractivity contribution >= 4 is 0 Å². The molecule has 0 bridgehead atoms. The molecule has 0 aliphatic rings. The Kier molecular flexibility index (Phi) is 2.73. The lowest BCUT2D eigenvalue weighted by molar-refractivity contribution is 0.380. The number of hydrogen-bond donors (Lipinski definition) is 1. The van der Waals surface area contributed by atoms with Gasteiger partial charge >= 0.3 is 0 Å². The first-order chi connectivity index (χ1) is 7.29. The lowest BCUT2D eigenvalue weighted by Gasteiger charge is -1.94. The molecule has 0 fully saturated rings. The van der Waals surface area contributed by atoms with Gasteiger partial charge in [0.1, 0.15) is 5.69 Å². The van der Waals surface area contributed by atoms with Crippen LogP contribution in [0.1, 0.15) is 11.6 Å². The Morgan fingerprint density at radius 1 is 1.33 bits per heavy atom. The molecule has 2 aromatic rings. The van der Waals surface area contributed by atoms with Gasteiger partial charge in [0, 0.05) is 18.7 Å². The van der Waals surface area contributed by atoms with Crippen LogP contribution in [0.2, 0.25) is 0 Å². The molecule has 78 valence electrons. The summed E-state index contributed by atoms with van der Waals surface area (Å²) < 4.78 is 5.02. The topological polar surface area (TPSA) is 77.8 Å². The molecule has 0 aromatic carbocycles. The van der Waals surface area contributed by atoms with Crippen molar-refractivity contribution in [1.29, 1.82) is 0 Å². The normalized spacial score (nSPS) is 10.5. The monoisotopic (exact) mass is 204 g/mol. The minimum atomic E-state index is 0.503. The highest BCUT2D eigenvalue weighted by atomic mass is 16.5. The third-order valence-electron chi connectivity index (χ3n) is 1.94. The first-order valence-corrected chi connectivity index (χ1v) is 4.76. The van der Waals surface area contributed by atoms with Gasteiger partial charge in [-0.25, -0.2) is 4.98 Å². The van der Waals surface area contributed by atoms with Crippen molar-refractivity contribution in [2.75, 3.05) is 6.54 Å². The summed E-state index contributed by atoms with van der Waals surface area (Å²) in [5, 5.41) is 3.84. The predicted octanol–water partition coefficient (Wildman–Crippen LogP) is 0.941. The minimum Gasteiger partial charge on any atom is -0.339 e. The van der Waals surface area contributed by atoms with E-state index in [0.29, 0.717) is 24.7 Å². The molecule has 5 nitrogen and oxygen atoms in total. The molecule has 0 aliphatic carbocycles. The van der Waals surface area contributed by atoms with Crippen LogP contribution in [0.25, 0.3) is 11.5 Å². The SMILES string of the molecule is Cc1cccc(-c2noc(CCN)n2)n1. The van der Waals surface area contributed by atoms with E-state index in [2.05, 4.69) is 15.1 Å². The van der Waals surface area contributed by atoms with Crippen molar-refractivity contribution in [1.82, 2.24) is 15.1 Å². The van der Waals surface area contributed by atoms with E-state index >= 15 is 0 Å². The van der Waals surface area contributed by atoms with Crippen LogP contribution in [0.4, 0.5) is 0 Å². The Morgan fingerprint density at radius 2 is 2.20 bits per heavy atom. The lowest BCUT2D eigenvalue weighted by atomic mass is 10.3. The molecule has 2 heterocycles. The van der Waals surface area contributed by atoms with E-state index in [4.69, 9.17) is 10.3 Å². The molecule has 0 amide bonds. The fourth-order valence-electron chi connectivity index (χ4n) is 1.25. The van der Waals surface area contributed by atoms with Gasteiger partial charge in [0.2, 0.25) is 11.7 Å². The minimum absolute atomic E-state index is 0.503. The maximum atomic E-state index is 5.39. The summed E-state index contributed by atoms with van der Waals surface area (Å²) in [7, 11) is 0. The molecule has 0 radical (unpaired) electrons. The fourth-order valence-corrected chi connectivity index (χ4v) is 1.25. The highest BCUT2D eigenvalue weighted by molar-refractivity contribution is 5.47. The molecular formula is C10H12N4O. The number of hydrogen-bond acceptors (Lipinski definition) is 5. The summed E-state index contributed by atoms with van der Waals surface area (Å²) in [6.07, 6.45) is 0.596. The quantitative estimate of drug-likeness (QED) is 0.805. The van der Waals surface area contributed by atoms with Crippen LogP contribution in [-0.4, -0.2) is 21.7 Å². The molecule has 0 aliphatic heterocycles. The molecular weight excluding hydrogens is 192 g/mol. The Balaban J connectivity index is 2.29. The molecule has 15 heavy (non-hydrogen) atoms. The molecule has 0 saturated carbocycles. The molecule has 0 saturated heterocycles. The second kappa shape index (κ2) is 4.18. The van der Waals surface area contributed by atoms with Crippen molar-refractivity contribution < 1.29 is 4.52 Å². The zero-order chi connectivity index (χ0) is 10.7. The Morgan fingerprint density at radius 3 is 2.93 bits per heavy atom. The number of nitrogens with zero attached hydrogens (tertiary/aromatic N) is 3. The number of rotatable bonds is 3. The van der Waals surface area contributed by atoms with E-state index in [1.807, 2.05) is 25.1 Å². The van der Waals surface area contributed by atoms with E-state index in [0.717, 1.165) is 11.4 Å². The third-order valence-corrected chi connectivity index (χ3v) is 1.94. The van der Waals surface area contributed by atoms with Crippen molar-refractivity contribution in [2.24, 2.45) is 5.73 Å². The number of nitrogens with two attached hydrogens (primary N) is 1. The predicted molar refractivity (Wildman–Crippen MR) is 55.0 cm³/mol. The van der Waals surface area contributed by atoms with E-state index < -0.39 is 0 Å². The maximum absolute atomic E-state index is 5.39. The summed E-state index contributed by atoms with van der Waals surface area (Å²) in [6.45, 7) is 2.42. The van der Waals surface area contributed by atoms with Gasteiger partial charge in [-0.2, -0.15) is 4.98 Å². The van der Waals surface area contributed by atoms with Crippen molar-refractivity contribution in [3.05, 3.63) is 29.8 Å². The average molecular weight is 204 g/mol. The second-order valence-electron chi connectivity index (χ2n) is 3.21. The molecule has 0 spiro atoms. The summed E-state index contributed by atoms with van der Waals surface area (Å²) in [4.78, 5) is 8.49. The highest BCUT2D eigenvalue weighted by Gasteiger charge is 2.08. The maximum Gasteiger partial charge on any atom is 0.228 e. The highest BCUT2D eigenvalue weighted by Crippen LogP contribution is 2.13. The summed E-state index contributed by atoms with van der Waals surface area (Å²) >= 11 is 0. The van der Waals surface area contributed by atoms with Gasteiger partial charge in [-0.3, -0.25) is 0 Å². The molecule has 0 atom stereocenters. The van der Waals surface area contributed by atoms with Gasteiger partial charge in [0.05, 0.1) is 0 Å². The van der Waals surface area contributed by atoms with Crippen LogP contribution in [0.15, 0.2) is 22.7 Å². The van der Waals surface area contributed by atoms with Crippen LogP contribution in [0.3, 0.4) is 0 Å². The van der Waals surface area contributed by atoms with Crippen LogP contribution < -0.4 is 5.73 Å². The van der Waals surface area contributed by atoms with Crippen molar-refractivity contribution in [3.8, 4) is 11.5 Å². The van der Waals surface area contributed by atoms with Crippen LogP contribution in [-0.2, 0) is 6.42 Å². The van der Waals surface area contributed by atoms with Crippen LogP contribution >= 0.6 is 0 Å². The van der Waals surface area contributed by atoms with Gasteiger partial charge in [-0.05, 0) is 19.1 Å². The number of aromatic nitrogens is 3. The molecule has 0 unspecified atom stereocenters. The zero-order valence-electron chi connectivity index (χ0n) is 8.47. The van der Waals surface area contributed by atoms with Crippen LogP contribution in [0.5, 0.6) is 0 Å². The van der Waals surface area contributed by atoms with Gasteiger partial charge < -0.3 is 10.3 Å². The van der Waals surface area contributed by atoms with Gasteiger partial charge in [0.25, 0.3) is 0 Å². The third kappa shape index (κ3) is 2.19. The smallest absolute Gasteiger partial charge is 0.228 e. The van der Waals surface area contributed by atoms with Crippen molar-refractivity contribution in [3.63, 3.8) is 0 Å². The van der Waals surface area contributed by atoms with E-state index in [9.17, 15) is 0 Å². The van der Waals surface area contributed by atoms with Gasteiger partial charge in [0.15, 0.2) is 0 Å². The largest absolute Gasteiger partial charge is 0.339 e. The average Bonchev–Trinajstić information content (AvgIpc) is 2.67. The van der Waals surface area contributed by atoms with Gasteiger partial charge in [-0.1, -0.05) is 11.2 Å². The van der Waals surface area contributed by atoms with E-state index in [-0.39, 0.29) is 0 Å². The Bertz CT molecular complexity index is 452. The van der Waals surface area contributed by atoms with Crippen LogP contribution in [0, 0.1) is 6.92 Å². The number of aryl methyl sites for hydroxylation is 1. The molecule has 2 rings (SSSR count). The standard InChI is InChI=1S/C10H12N4O/c1-7-3-2-4-8(12-7)10-13-9(5-6-11)15-14-10/h2-4H,5-6,11H2,1H3. The fraction of sp³-hybridized carbons (Fsp3) is 0.300. The van der Waals surface area contributed by atoms with E-state index in [1.165, 1.54) is 0 Å². The van der Waals surface area contributed by atoms with Gasteiger partial charge in [-0.15, -0.1) is 0 Å². The first-order valence-electron chi connectivity index (χ1n) is 4.76. The molecule has 2 aromatic heterocycles. The lowest BCUT2D eigenvalue weighted by Crippen LogP contribution is -2.02. The first kappa shape index (κ1) is 9.79. The Hall–Kier alpha value is -1.75. The second-order valence-corrected chi connectivity index (χ2v) is 3.21. The molecule has 2 N–H and O–H groups in total. The number of pyridine rings is 1. The Labute approximate surface area is 87.3 Å². The summed E-state index contributed by atoms with van der Waals surface area (Å²) in [6, 6.07) is 5.69. The van der Waals surface area contributed by atoms with Crippen molar-refractivity contribution in [2.45, 2.75) is 13.3 Å². The summed E-state index contributed by atoms with van der Waals surface area (Å²) in [5.41, 5.74) is 7.04. The molecule has 5 heteroatoms. The zero-order valence-corrected chi connectivity index (χ0v) is 8.47. The van der Waals surface area contributed by atoms with E-state index in [1.54, 1.807) is 0 Å². The summed E-state index contributed by atoms with van der Waals surface area (Å²) in [5.74, 6) is 1.07.